The van der Waals surface area contributed by atoms with Gasteiger partial charge in [-0.2, -0.15) is 0 Å². The first-order valence-corrected chi connectivity index (χ1v) is 8.09. The second-order valence-electron chi connectivity index (χ2n) is 3.96. The number of benzene rings is 2. The maximum atomic E-state index is 6.01. The van der Waals surface area contributed by atoms with Gasteiger partial charge in [-0.1, -0.05) is 87.1 Å². The highest BCUT2D eigenvalue weighted by molar-refractivity contribution is 14.1. The lowest BCUT2D eigenvalue weighted by Crippen LogP contribution is -2.06. The number of halogens is 2. The van der Waals surface area contributed by atoms with Crippen molar-refractivity contribution in [1.82, 2.24) is 0 Å². The Hall–Kier alpha value is -0.390. The van der Waals surface area contributed by atoms with Crippen molar-refractivity contribution in [2.45, 2.75) is 12.7 Å². The third-order valence-corrected chi connectivity index (χ3v) is 4.28. The molecule has 0 aliphatic carbocycles. The summed E-state index contributed by atoms with van der Waals surface area (Å²) < 4.78 is 8.06. The fourth-order valence-corrected chi connectivity index (χ4v) is 2.87. The van der Waals surface area contributed by atoms with E-state index >= 15 is 0 Å². The van der Waals surface area contributed by atoms with E-state index in [-0.39, 0.29) is 6.10 Å². The highest BCUT2D eigenvalue weighted by atomic mass is 127. The van der Waals surface area contributed by atoms with Crippen LogP contribution in [-0.4, -0.2) is 4.43 Å². The molecule has 2 aromatic carbocycles. The lowest BCUT2D eigenvalue weighted by molar-refractivity contribution is 0.0574. The van der Waals surface area contributed by atoms with Gasteiger partial charge in [-0.15, -0.1) is 0 Å². The Kier molecular flexibility index (Phi) is 5.66. The van der Waals surface area contributed by atoms with Crippen LogP contribution < -0.4 is 0 Å². The Balaban J connectivity index is 2.02. The van der Waals surface area contributed by atoms with Crippen molar-refractivity contribution in [2.24, 2.45) is 0 Å². The summed E-state index contributed by atoms with van der Waals surface area (Å²) in [7, 11) is 0. The van der Waals surface area contributed by atoms with Crippen molar-refractivity contribution in [1.29, 1.82) is 0 Å². The van der Waals surface area contributed by atoms with Crippen molar-refractivity contribution in [3.8, 4) is 0 Å². The van der Waals surface area contributed by atoms with Crippen LogP contribution in [0.15, 0.2) is 59.1 Å². The molecule has 3 heteroatoms. The summed E-state index contributed by atoms with van der Waals surface area (Å²) in [4.78, 5) is 0. The number of hydrogen-bond acceptors (Lipinski definition) is 1. The minimum atomic E-state index is 0.152. The van der Waals surface area contributed by atoms with Crippen LogP contribution in [0, 0.1) is 0 Å². The average Bonchev–Trinajstić information content (AvgIpc) is 2.42. The molecular weight excluding hydrogens is 403 g/mol. The summed E-state index contributed by atoms with van der Waals surface area (Å²) in [6, 6.07) is 18.5. The van der Waals surface area contributed by atoms with Gasteiger partial charge < -0.3 is 4.74 Å². The molecular formula is C15H14BrIO. The van der Waals surface area contributed by atoms with Crippen LogP contribution in [0.3, 0.4) is 0 Å². The quantitative estimate of drug-likeness (QED) is 0.484. The van der Waals surface area contributed by atoms with Crippen molar-refractivity contribution >= 4 is 38.5 Å². The van der Waals surface area contributed by atoms with Gasteiger partial charge in [0.2, 0.25) is 0 Å². The van der Waals surface area contributed by atoms with E-state index in [9.17, 15) is 0 Å². The Morgan fingerprint density at radius 1 is 1.00 bits per heavy atom. The van der Waals surface area contributed by atoms with Gasteiger partial charge in [-0.25, -0.2) is 0 Å². The molecule has 18 heavy (non-hydrogen) atoms. The minimum absolute atomic E-state index is 0.152. The van der Waals surface area contributed by atoms with E-state index in [4.69, 9.17) is 4.74 Å². The van der Waals surface area contributed by atoms with Crippen LogP contribution in [0.25, 0.3) is 0 Å². The number of alkyl halides is 1. The molecule has 94 valence electrons. The molecule has 0 aliphatic rings. The van der Waals surface area contributed by atoms with Gasteiger partial charge in [0, 0.05) is 8.90 Å². The Bertz CT molecular complexity index is 487. The van der Waals surface area contributed by atoms with E-state index in [0.29, 0.717) is 6.61 Å². The Morgan fingerprint density at radius 2 is 1.67 bits per heavy atom. The summed E-state index contributed by atoms with van der Waals surface area (Å²) in [6.45, 7) is 0.629. The molecule has 0 saturated heterocycles. The molecule has 0 amide bonds. The number of ether oxygens (including phenoxy) is 1. The highest BCUT2D eigenvalue weighted by Crippen LogP contribution is 2.23. The lowest BCUT2D eigenvalue weighted by Gasteiger charge is -2.16. The first-order valence-electron chi connectivity index (χ1n) is 5.77. The Labute approximate surface area is 130 Å². The predicted molar refractivity (Wildman–Crippen MR) is 87.0 cm³/mol. The van der Waals surface area contributed by atoms with E-state index in [2.05, 4.69) is 68.9 Å². The zero-order chi connectivity index (χ0) is 12.8. The zero-order valence-corrected chi connectivity index (χ0v) is 13.6. The third kappa shape index (κ3) is 3.80. The topological polar surface area (TPSA) is 9.23 Å². The lowest BCUT2D eigenvalue weighted by atomic mass is 10.1. The summed E-state index contributed by atoms with van der Waals surface area (Å²) in [5.74, 6) is 0. The average molecular weight is 417 g/mol. The second-order valence-corrected chi connectivity index (χ2v) is 5.69. The zero-order valence-electron chi connectivity index (χ0n) is 9.85. The minimum Gasteiger partial charge on any atom is -0.368 e. The van der Waals surface area contributed by atoms with E-state index in [0.717, 1.165) is 8.90 Å². The van der Waals surface area contributed by atoms with Gasteiger partial charge in [0.05, 0.1) is 12.7 Å². The molecule has 0 radical (unpaired) electrons. The highest BCUT2D eigenvalue weighted by Gasteiger charge is 2.10. The molecule has 0 saturated carbocycles. The van der Waals surface area contributed by atoms with Crippen LogP contribution >= 0.6 is 38.5 Å². The largest absolute Gasteiger partial charge is 0.368 e. The molecule has 1 atom stereocenters. The van der Waals surface area contributed by atoms with E-state index < -0.39 is 0 Å². The van der Waals surface area contributed by atoms with Crippen LogP contribution in [0.4, 0.5) is 0 Å². The Morgan fingerprint density at radius 3 is 2.33 bits per heavy atom. The first-order chi connectivity index (χ1) is 8.81. The maximum Gasteiger partial charge on any atom is 0.0918 e. The molecule has 1 nitrogen and oxygen atoms in total. The summed E-state index contributed by atoms with van der Waals surface area (Å²) in [5.41, 5.74) is 2.42. The summed E-state index contributed by atoms with van der Waals surface area (Å²) >= 11 is 5.91. The molecule has 2 rings (SSSR count). The number of hydrogen-bond donors (Lipinski definition) is 0. The van der Waals surface area contributed by atoms with Gasteiger partial charge in [0.25, 0.3) is 0 Å². The van der Waals surface area contributed by atoms with Gasteiger partial charge in [-0.3, -0.25) is 0 Å². The molecule has 1 unspecified atom stereocenters. The van der Waals surface area contributed by atoms with Gasteiger partial charge >= 0.3 is 0 Å². The fraction of sp³-hybridized carbons (Fsp3) is 0.200. The van der Waals surface area contributed by atoms with E-state index in [1.807, 2.05) is 24.3 Å². The summed E-state index contributed by atoms with van der Waals surface area (Å²) in [5, 5.41) is 0. The van der Waals surface area contributed by atoms with E-state index in [1.165, 1.54) is 11.1 Å². The molecule has 0 N–H and O–H groups in total. The van der Waals surface area contributed by atoms with Crippen LogP contribution in [-0.2, 0) is 11.3 Å². The van der Waals surface area contributed by atoms with Crippen molar-refractivity contribution < 1.29 is 4.74 Å². The van der Waals surface area contributed by atoms with Gasteiger partial charge in [-0.05, 0) is 17.2 Å². The first kappa shape index (κ1) is 14.0. The molecule has 0 spiro atoms. The van der Waals surface area contributed by atoms with Crippen molar-refractivity contribution in [2.75, 3.05) is 4.43 Å². The maximum absolute atomic E-state index is 6.01. The molecule has 0 aromatic heterocycles. The van der Waals surface area contributed by atoms with Crippen molar-refractivity contribution in [3.63, 3.8) is 0 Å². The van der Waals surface area contributed by atoms with Gasteiger partial charge in [0.15, 0.2) is 0 Å². The normalized spacial score (nSPS) is 12.3. The van der Waals surface area contributed by atoms with Crippen LogP contribution in [0.5, 0.6) is 0 Å². The smallest absolute Gasteiger partial charge is 0.0918 e. The molecule has 0 fully saturated rings. The molecule has 0 bridgehead atoms. The summed E-state index contributed by atoms with van der Waals surface area (Å²) in [6.07, 6.45) is 0.152. The SMILES string of the molecule is Brc1ccccc1COC(CI)c1ccccc1. The van der Waals surface area contributed by atoms with E-state index in [1.54, 1.807) is 0 Å². The van der Waals surface area contributed by atoms with Crippen LogP contribution in [0.1, 0.15) is 17.2 Å². The predicted octanol–water partition coefficient (Wildman–Crippen LogP) is 5.14. The second kappa shape index (κ2) is 7.26. The molecule has 0 heterocycles. The standard InChI is InChI=1S/C15H14BrIO/c16-14-9-5-4-8-13(14)11-18-15(10-17)12-6-2-1-3-7-12/h1-9,15H,10-11H2. The monoisotopic (exact) mass is 416 g/mol. The molecule has 2 aromatic rings. The third-order valence-electron chi connectivity index (χ3n) is 2.71. The number of rotatable bonds is 5. The molecule has 0 aliphatic heterocycles. The van der Waals surface area contributed by atoms with Gasteiger partial charge in [0.1, 0.15) is 0 Å². The van der Waals surface area contributed by atoms with Crippen molar-refractivity contribution in [3.05, 3.63) is 70.2 Å². The van der Waals surface area contributed by atoms with Crippen LogP contribution in [0.2, 0.25) is 0 Å². The fourth-order valence-electron chi connectivity index (χ4n) is 1.70.